The van der Waals surface area contributed by atoms with Crippen molar-refractivity contribution in [3.05, 3.63) is 29.7 Å². The number of anilines is 1. The van der Waals surface area contributed by atoms with E-state index >= 15 is 0 Å². The molecular weight excluding hydrogens is 298 g/mol. The Hall–Kier alpha value is -2.97. The normalized spacial score (nSPS) is 11.2. The largest absolute Gasteiger partial charge is 0.401 e. The van der Waals surface area contributed by atoms with E-state index in [1.165, 1.54) is 0 Å². The average Bonchev–Trinajstić information content (AvgIpc) is 3.18. The fraction of sp³-hybridized carbons (Fsp3) is 0.357. The number of carbonyl (C=O) groups is 1. The predicted molar refractivity (Wildman–Crippen MR) is 81.8 cm³/mol. The molecule has 3 heterocycles. The highest BCUT2D eigenvalue weighted by atomic mass is 16.4. The Morgan fingerprint density at radius 1 is 1.30 bits per heavy atom. The van der Waals surface area contributed by atoms with Gasteiger partial charge in [-0.15, -0.1) is 5.10 Å². The summed E-state index contributed by atoms with van der Waals surface area (Å²) in [5.41, 5.74) is 1.75. The summed E-state index contributed by atoms with van der Waals surface area (Å²) >= 11 is 0. The molecule has 1 N–H and O–H groups in total. The van der Waals surface area contributed by atoms with Gasteiger partial charge >= 0.3 is 6.01 Å². The summed E-state index contributed by atoms with van der Waals surface area (Å²) in [5.74, 6) is -0.159. The predicted octanol–water partition coefficient (Wildman–Crippen LogP) is 1.81. The van der Waals surface area contributed by atoms with Gasteiger partial charge in [0.2, 0.25) is 0 Å². The number of rotatable bonds is 4. The van der Waals surface area contributed by atoms with Crippen LogP contribution < -0.4 is 5.32 Å². The number of hydrogen-bond acceptors (Lipinski definition) is 6. The van der Waals surface area contributed by atoms with Gasteiger partial charge in [0.05, 0.1) is 0 Å². The Morgan fingerprint density at radius 3 is 2.70 bits per heavy atom. The number of amides is 1. The Morgan fingerprint density at radius 2 is 2.09 bits per heavy atom. The topological polar surface area (TPSA) is 104 Å². The number of nitrogens with zero attached hydrogens (tertiary/aromatic N) is 6. The van der Waals surface area contributed by atoms with Gasteiger partial charge < -0.3 is 4.42 Å². The lowest BCUT2D eigenvalue weighted by Crippen LogP contribution is -2.14. The first-order valence-corrected chi connectivity index (χ1v) is 7.15. The van der Waals surface area contributed by atoms with E-state index in [2.05, 4.69) is 25.7 Å². The van der Waals surface area contributed by atoms with Crippen LogP contribution in [0.2, 0.25) is 0 Å². The van der Waals surface area contributed by atoms with Crippen LogP contribution in [0, 0.1) is 6.92 Å². The summed E-state index contributed by atoms with van der Waals surface area (Å²) in [6.45, 7) is 5.90. The van der Waals surface area contributed by atoms with E-state index in [1.54, 1.807) is 34.7 Å². The zero-order valence-electron chi connectivity index (χ0n) is 13.3. The van der Waals surface area contributed by atoms with Crippen molar-refractivity contribution in [2.75, 3.05) is 5.32 Å². The molecule has 0 unspecified atom stereocenters. The highest BCUT2D eigenvalue weighted by molar-refractivity contribution is 6.01. The van der Waals surface area contributed by atoms with E-state index in [-0.39, 0.29) is 17.9 Å². The number of carbonyl (C=O) groups excluding carboxylic acids is 1. The molecule has 3 aromatic heterocycles. The minimum atomic E-state index is -0.399. The molecule has 0 atom stereocenters. The smallest absolute Gasteiger partial charge is 0.322 e. The van der Waals surface area contributed by atoms with Gasteiger partial charge in [-0.1, -0.05) is 5.10 Å². The van der Waals surface area contributed by atoms with Crippen LogP contribution in [-0.4, -0.2) is 35.7 Å². The minimum absolute atomic E-state index is 0.00685. The van der Waals surface area contributed by atoms with E-state index in [4.69, 9.17) is 4.42 Å². The summed E-state index contributed by atoms with van der Waals surface area (Å²) < 4.78 is 8.80. The molecule has 3 rings (SSSR count). The molecule has 0 aliphatic heterocycles. The molecule has 0 aliphatic rings. The van der Waals surface area contributed by atoms with Gasteiger partial charge in [0.25, 0.3) is 11.8 Å². The Bertz CT molecular complexity index is 843. The third-order valence-electron chi connectivity index (χ3n) is 3.22. The van der Waals surface area contributed by atoms with Gasteiger partial charge in [-0.3, -0.25) is 19.5 Å². The van der Waals surface area contributed by atoms with Crippen LogP contribution in [0.5, 0.6) is 0 Å². The van der Waals surface area contributed by atoms with Crippen molar-refractivity contribution in [2.24, 2.45) is 7.05 Å². The molecule has 23 heavy (non-hydrogen) atoms. The number of aryl methyl sites for hydroxylation is 2. The lowest BCUT2D eigenvalue weighted by molar-refractivity contribution is 0.101. The molecule has 1 amide bonds. The van der Waals surface area contributed by atoms with E-state index < -0.39 is 5.91 Å². The van der Waals surface area contributed by atoms with Crippen LogP contribution in [0.15, 0.2) is 22.7 Å². The van der Waals surface area contributed by atoms with E-state index in [0.29, 0.717) is 11.4 Å². The van der Waals surface area contributed by atoms with Crippen molar-refractivity contribution in [3.63, 3.8) is 0 Å². The summed E-state index contributed by atoms with van der Waals surface area (Å²) in [6, 6.07) is 3.64. The Balaban J connectivity index is 1.76. The van der Waals surface area contributed by atoms with Crippen molar-refractivity contribution < 1.29 is 9.21 Å². The fourth-order valence-corrected chi connectivity index (χ4v) is 2.19. The number of nitrogens with one attached hydrogen (secondary N) is 1. The Labute approximate surface area is 132 Å². The first-order chi connectivity index (χ1) is 10.9. The summed E-state index contributed by atoms with van der Waals surface area (Å²) in [4.78, 5) is 12.2. The lowest BCUT2D eigenvalue weighted by atomic mass is 10.3. The van der Waals surface area contributed by atoms with Crippen molar-refractivity contribution in [1.82, 2.24) is 29.8 Å². The summed E-state index contributed by atoms with van der Waals surface area (Å²) in [7, 11) is 1.79. The van der Waals surface area contributed by atoms with Gasteiger partial charge in [-0.05, 0) is 32.9 Å². The third-order valence-corrected chi connectivity index (χ3v) is 3.22. The van der Waals surface area contributed by atoms with E-state index in [1.807, 2.05) is 20.8 Å². The van der Waals surface area contributed by atoms with E-state index in [0.717, 1.165) is 5.69 Å². The second kappa shape index (κ2) is 5.67. The van der Waals surface area contributed by atoms with E-state index in [9.17, 15) is 4.79 Å². The van der Waals surface area contributed by atoms with Gasteiger partial charge in [0.1, 0.15) is 5.69 Å². The quantitative estimate of drug-likeness (QED) is 0.787. The molecular formula is C14H17N7O2. The van der Waals surface area contributed by atoms with Crippen LogP contribution >= 0.6 is 0 Å². The van der Waals surface area contributed by atoms with Crippen LogP contribution in [0.4, 0.5) is 6.01 Å². The SMILES string of the molecule is Cc1cc(C(=O)Nc2nnc(-c3ccn(C)n3)o2)nn1C(C)C. The molecule has 3 aromatic rings. The highest BCUT2D eigenvalue weighted by Crippen LogP contribution is 2.18. The van der Waals surface area contributed by atoms with Gasteiger partial charge in [0, 0.05) is 25.0 Å². The monoisotopic (exact) mass is 315 g/mol. The fourth-order valence-electron chi connectivity index (χ4n) is 2.19. The maximum absolute atomic E-state index is 12.2. The second-order valence-electron chi connectivity index (χ2n) is 5.45. The molecule has 9 nitrogen and oxygen atoms in total. The van der Waals surface area contributed by atoms with Crippen LogP contribution in [0.3, 0.4) is 0 Å². The van der Waals surface area contributed by atoms with Gasteiger partial charge in [0.15, 0.2) is 5.69 Å². The van der Waals surface area contributed by atoms with Crippen molar-refractivity contribution in [1.29, 1.82) is 0 Å². The molecule has 0 fully saturated rings. The highest BCUT2D eigenvalue weighted by Gasteiger charge is 2.17. The minimum Gasteiger partial charge on any atom is -0.401 e. The first kappa shape index (κ1) is 14.9. The Kier molecular flexibility index (Phi) is 3.68. The first-order valence-electron chi connectivity index (χ1n) is 7.15. The molecule has 0 spiro atoms. The molecule has 0 saturated heterocycles. The van der Waals surface area contributed by atoms with Crippen molar-refractivity contribution in [3.8, 4) is 11.6 Å². The van der Waals surface area contributed by atoms with Crippen LogP contribution in [0.25, 0.3) is 11.6 Å². The standard InChI is InChI=1S/C14H17N7O2/c1-8(2)21-9(3)7-11(19-21)12(22)15-14-17-16-13(23-14)10-5-6-20(4)18-10/h5-8H,1-4H3,(H,15,17,22). The zero-order valence-corrected chi connectivity index (χ0v) is 13.3. The maximum atomic E-state index is 12.2. The second-order valence-corrected chi connectivity index (χ2v) is 5.45. The van der Waals surface area contributed by atoms with Crippen molar-refractivity contribution in [2.45, 2.75) is 26.8 Å². The zero-order chi connectivity index (χ0) is 16.6. The maximum Gasteiger partial charge on any atom is 0.322 e. The van der Waals surface area contributed by atoms with Gasteiger partial charge in [-0.25, -0.2) is 0 Å². The van der Waals surface area contributed by atoms with Gasteiger partial charge in [-0.2, -0.15) is 10.2 Å². The molecule has 0 saturated carbocycles. The molecule has 0 aromatic carbocycles. The molecule has 120 valence electrons. The summed E-state index contributed by atoms with van der Waals surface area (Å²) in [6.07, 6.45) is 1.76. The van der Waals surface area contributed by atoms with Crippen molar-refractivity contribution >= 4 is 11.9 Å². The lowest BCUT2D eigenvalue weighted by Gasteiger charge is -2.06. The van der Waals surface area contributed by atoms with Crippen LogP contribution in [0.1, 0.15) is 36.1 Å². The third kappa shape index (κ3) is 2.98. The average molecular weight is 315 g/mol. The molecule has 9 heteroatoms. The number of hydrogen-bond donors (Lipinski definition) is 1. The molecule has 0 bridgehead atoms. The van der Waals surface area contributed by atoms with Crippen LogP contribution in [-0.2, 0) is 7.05 Å². The molecule has 0 aliphatic carbocycles. The molecule has 0 radical (unpaired) electrons. The number of aromatic nitrogens is 6. The summed E-state index contributed by atoms with van der Waals surface area (Å²) in [5, 5.41) is 18.6.